The van der Waals surface area contributed by atoms with E-state index < -0.39 is 0 Å². The van der Waals surface area contributed by atoms with Crippen molar-refractivity contribution in [1.29, 1.82) is 0 Å². The molecule has 0 amide bonds. The topological polar surface area (TPSA) is 42.9 Å². The van der Waals surface area contributed by atoms with Crippen LogP contribution >= 0.6 is 0 Å². The first-order chi connectivity index (χ1) is 12.6. The predicted molar refractivity (Wildman–Crippen MR) is 117 cm³/mol. The Morgan fingerprint density at radius 3 is 1.58 bits per heavy atom. The number of aliphatic imine (C=N–C) groups is 1. The number of unbranched alkanes of at least 4 members (excludes halogenated alkanes) is 9. The summed E-state index contributed by atoms with van der Waals surface area (Å²) in [6.45, 7) is 7.27. The Hall–Kier alpha value is -0.810. The molecule has 26 heavy (non-hydrogen) atoms. The lowest BCUT2D eigenvalue weighted by Gasteiger charge is -2.22. The summed E-state index contributed by atoms with van der Waals surface area (Å²) < 4.78 is 0. The summed E-state index contributed by atoms with van der Waals surface area (Å²) >= 11 is 0. The predicted octanol–water partition coefficient (Wildman–Crippen LogP) is 3.57. The number of hydrogen-bond donors (Lipinski definition) is 2. The highest BCUT2D eigenvalue weighted by molar-refractivity contribution is 5.79. The van der Waals surface area contributed by atoms with Crippen molar-refractivity contribution in [1.82, 2.24) is 20.4 Å². The standard InChI is InChI=1S/C21H47N5/c1-6-7-8-9-10-11-12-13-14-15-16-22-17-18-23-19-20-24-21(25(2)3)26(4)5/h22-23H,6-20H2,1-5H3. The highest BCUT2D eigenvalue weighted by Crippen LogP contribution is 2.10. The van der Waals surface area contributed by atoms with Gasteiger partial charge in [-0.15, -0.1) is 0 Å². The quantitative estimate of drug-likeness (QED) is 0.234. The SMILES string of the molecule is CCCCCCCCCCCCNCCNCCN=C(N(C)C)N(C)C. The summed E-state index contributed by atoms with van der Waals surface area (Å²) in [5.74, 6) is 1.02. The molecule has 0 aliphatic carbocycles. The molecule has 0 heterocycles. The van der Waals surface area contributed by atoms with Crippen LogP contribution in [-0.4, -0.2) is 76.7 Å². The minimum Gasteiger partial charge on any atom is -0.349 e. The Bertz CT molecular complexity index is 306. The molecule has 0 saturated carbocycles. The van der Waals surface area contributed by atoms with Gasteiger partial charge in [0.25, 0.3) is 0 Å². The fraction of sp³-hybridized carbons (Fsp3) is 0.952. The Balaban J connectivity index is 3.26. The van der Waals surface area contributed by atoms with E-state index in [1.807, 2.05) is 38.0 Å². The Morgan fingerprint density at radius 1 is 0.615 bits per heavy atom. The van der Waals surface area contributed by atoms with Crippen LogP contribution in [-0.2, 0) is 0 Å². The van der Waals surface area contributed by atoms with Gasteiger partial charge >= 0.3 is 0 Å². The molecule has 0 aromatic heterocycles. The average molecular weight is 370 g/mol. The van der Waals surface area contributed by atoms with Gasteiger partial charge < -0.3 is 20.4 Å². The van der Waals surface area contributed by atoms with Gasteiger partial charge in [-0.3, -0.25) is 4.99 Å². The van der Waals surface area contributed by atoms with E-state index in [0.29, 0.717) is 0 Å². The second kappa shape index (κ2) is 19.0. The van der Waals surface area contributed by atoms with Crippen molar-refractivity contribution in [2.75, 3.05) is 60.9 Å². The molecule has 156 valence electrons. The molecule has 0 aliphatic rings. The molecular formula is C21H47N5. The maximum atomic E-state index is 4.61. The lowest BCUT2D eigenvalue weighted by atomic mass is 10.1. The molecule has 0 rings (SSSR count). The van der Waals surface area contributed by atoms with Gasteiger partial charge in [-0.2, -0.15) is 0 Å². The molecule has 0 aromatic carbocycles. The van der Waals surface area contributed by atoms with Crippen molar-refractivity contribution >= 4 is 5.96 Å². The normalized spacial score (nSPS) is 10.8. The number of guanidine groups is 1. The van der Waals surface area contributed by atoms with E-state index in [2.05, 4.69) is 22.5 Å². The molecule has 0 bridgehead atoms. The van der Waals surface area contributed by atoms with E-state index in [4.69, 9.17) is 0 Å². The van der Waals surface area contributed by atoms with Crippen LogP contribution in [0.25, 0.3) is 0 Å². The summed E-state index contributed by atoms with van der Waals surface area (Å²) in [4.78, 5) is 8.71. The van der Waals surface area contributed by atoms with E-state index in [1.54, 1.807) is 0 Å². The van der Waals surface area contributed by atoms with Gasteiger partial charge in [-0.1, -0.05) is 64.7 Å². The van der Waals surface area contributed by atoms with Crippen LogP contribution in [0.5, 0.6) is 0 Å². The van der Waals surface area contributed by atoms with Gasteiger partial charge in [0.1, 0.15) is 0 Å². The van der Waals surface area contributed by atoms with Gasteiger partial charge in [-0.05, 0) is 13.0 Å². The van der Waals surface area contributed by atoms with Gasteiger partial charge in [0, 0.05) is 47.8 Å². The first-order valence-electron chi connectivity index (χ1n) is 10.9. The van der Waals surface area contributed by atoms with E-state index in [1.165, 1.54) is 64.2 Å². The summed E-state index contributed by atoms with van der Waals surface area (Å²) in [5.41, 5.74) is 0. The first-order valence-corrected chi connectivity index (χ1v) is 10.9. The number of hydrogen-bond acceptors (Lipinski definition) is 3. The maximum absolute atomic E-state index is 4.61. The Labute approximate surface area is 164 Å². The second-order valence-corrected chi connectivity index (χ2v) is 7.65. The highest BCUT2D eigenvalue weighted by Gasteiger charge is 2.02. The molecule has 0 atom stereocenters. The zero-order valence-corrected chi connectivity index (χ0v) is 18.4. The largest absolute Gasteiger partial charge is 0.349 e. The average Bonchev–Trinajstić information content (AvgIpc) is 2.60. The molecule has 0 saturated heterocycles. The van der Waals surface area contributed by atoms with E-state index in [-0.39, 0.29) is 0 Å². The fourth-order valence-corrected chi connectivity index (χ4v) is 3.08. The van der Waals surface area contributed by atoms with E-state index >= 15 is 0 Å². The molecule has 0 fully saturated rings. The van der Waals surface area contributed by atoms with Crippen LogP contribution in [0.15, 0.2) is 4.99 Å². The molecule has 5 heteroatoms. The molecule has 5 nitrogen and oxygen atoms in total. The summed E-state index contributed by atoms with van der Waals surface area (Å²) in [5, 5.41) is 6.98. The van der Waals surface area contributed by atoms with Crippen molar-refractivity contribution < 1.29 is 0 Å². The lowest BCUT2D eigenvalue weighted by molar-refractivity contribution is 0.478. The van der Waals surface area contributed by atoms with Crippen molar-refractivity contribution in [3.8, 4) is 0 Å². The molecule has 0 aliphatic heterocycles. The summed E-state index contributed by atoms with van der Waals surface area (Å²) in [6, 6.07) is 0. The molecule has 0 radical (unpaired) electrons. The molecule has 0 spiro atoms. The van der Waals surface area contributed by atoms with E-state index in [9.17, 15) is 0 Å². The van der Waals surface area contributed by atoms with Crippen molar-refractivity contribution in [3.05, 3.63) is 0 Å². The Morgan fingerprint density at radius 2 is 1.08 bits per heavy atom. The van der Waals surface area contributed by atoms with Crippen LogP contribution in [0.1, 0.15) is 71.1 Å². The van der Waals surface area contributed by atoms with Crippen LogP contribution in [0.2, 0.25) is 0 Å². The second-order valence-electron chi connectivity index (χ2n) is 7.65. The number of rotatable bonds is 17. The Kier molecular flexibility index (Phi) is 18.4. The zero-order chi connectivity index (χ0) is 19.5. The zero-order valence-electron chi connectivity index (χ0n) is 18.4. The van der Waals surface area contributed by atoms with Crippen molar-refractivity contribution in [2.45, 2.75) is 71.1 Å². The lowest BCUT2D eigenvalue weighted by Crippen LogP contribution is -2.36. The maximum Gasteiger partial charge on any atom is 0.195 e. The van der Waals surface area contributed by atoms with E-state index in [0.717, 1.165) is 38.7 Å². The third kappa shape index (κ3) is 16.6. The summed E-state index contributed by atoms with van der Waals surface area (Å²) in [7, 11) is 8.13. The monoisotopic (exact) mass is 369 g/mol. The van der Waals surface area contributed by atoms with Gasteiger partial charge in [-0.25, -0.2) is 0 Å². The minimum atomic E-state index is 0.824. The number of nitrogens with one attached hydrogen (secondary N) is 2. The van der Waals surface area contributed by atoms with Gasteiger partial charge in [0.05, 0.1) is 6.54 Å². The molecule has 0 aromatic rings. The third-order valence-electron chi connectivity index (χ3n) is 4.53. The molecule has 0 unspecified atom stereocenters. The molecular weight excluding hydrogens is 322 g/mol. The van der Waals surface area contributed by atoms with Crippen molar-refractivity contribution in [3.63, 3.8) is 0 Å². The highest BCUT2D eigenvalue weighted by atomic mass is 15.3. The molecule has 2 N–H and O–H groups in total. The smallest absolute Gasteiger partial charge is 0.195 e. The first kappa shape index (κ1) is 25.2. The van der Waals surface area contributed by atoms with Crippen molar-refractivity contribution in [2.24, 2.45) is 4.99 Å². The third-order valence-corrected chi connectivity index (χ3v) is 4.53. The van der Waals surface area contributed by atoms with Gasteiger partial charge in [0.2, 0.25) is 0 Å². The van der Waals surface area contributed by atoms with Crippen LogP contribution < -0.4 is 10.6 Å². The van der Waals surface area contributed by atoms with Crippen LogP contribution in [0.4, 0.5) is 0 Å². The minimum absolute atomic E-state index is 0.824. The summed E-state index contributed by atoms with van der Waals surface area (Å²) in [6.07, 6.45) is 14.1. The number of nitrogens with zero attached hydrogens (tertiary/aromatic N) is 3. The fourth-order valence-electron chi connectivity index (χ4n) is 3.08. The van der Waals surface area contributed by atoms with Crippen LogP contribution in [0.3, 0.4) is 0 Å². The van der Waals surface area contributed by atoms with Crippen LogP contribution in [0, 0.1) is 0 Å². The van der Waals surface area contributed by atoms with Gasteiger partial charge in [0.15, 0.2) is 5.96 Å².